The highest BCUT2D eigenvalue weighted by atomic mass is 79.9. The minimum Gasteiger partial charge on any atom is -0.504 e. The van der Waals surface area contributed by atoms with Gasteiger partial charge in [0.05, 0.1) is 12.7 Å². The second-order valence-electron chi connectivity index (χ2n) is 5.13. The number of hydrogen-bond donors (Lipinski definition) is 3. The zero-order valence-corrected chi connectivity index (χ0v) is 12.9. The fourth-order valence-corrected chi connectivity index (χ4v) is 3.11. The Morgan fingerprint density at radius 2 is 1.86 bits per heavy atom. The van der Waals surface area contributed by atoms with Gasteiger partial charge in [-0.3, -0.25) is 0 Å². The van der Waals surface area contributed by atoms with Crippen molar-refractivity contribution in [1.29, 1.82) is 0 Å². The van der Waals surface area contributed by atoms with Gasteiger partial charge in [-0.15, -0.1) is 0 Å². The molecule has 0 aromatic heterocycles. The summed E-state index contributed by atoms with van der Waals surface area (Å²) in [7, 11) is 0. The number of phenolic OH excluding ortho intramolecular Hbond substituents is 2. The second kappa shape index (κ2) is 5.67. The maximum Gasteiger partial charge on any atom is 0.161 e. The Morgan fingerprint density at radius 3 is 2.52 bits per heavy atom. The van der Waals surface area contributed by atoms with Crippen molar-refractivity contribution in [2.24, 2.45) is 5.73 Å². The number of fused-ring (bicyclic) bond motifs is 1. The summed E-state index contributed by atoms with van der Waals surface area (Å²) in [6, 6.07) is 11.1. The van der Waals surface area contributed by atoms with Gasteiger partial charge >= 0.3 is 0 Å². The molecule has 0 bridgehead atoms. The first-order valence-corrected chi connectivity index (χ1v) is 7.52. The van der Waals surface area contributed by atoms with E-state index < -0.39 is 0 Å². The van der Waals surface area contributed by atoms with Crippen LogP contribution >= 0.6 is 15.9 Å². The molecule has 0 aliphatic carbocycles. The molecule has 0 spiro atoms. The second-order valence-corrected chi connectivity index (χ2v) is 6.05. The standard InChI is InChI=1S/C16H16BrNO3/c17-11-4-1-9(2-5-11)16-12(7-18)14-10(8-21-16)3-6-13(19)15(14)20/h1-6,12,16,19-20H,7-8,18H2. The van der Waals surface area contributed by atoms with Crippen LogP contribution in [0.15, 0.2) is 40.9 Å². The van der Waals surface area contributed by atoms with Gasteiger partial charge in [-0.05, 0) is 29.3 Å². The molecular weight excluding hydrogens is 334 g/mol. The lowest BCUT2D eigenvalue weighted by Gasteiger charge is -2.34. The first-order valence-electron chi connectivity index (χ1n) is 6.72. The molecule has 1 heterocycles. The fraction of sp³-hybridized carbons (Fsp3) is 0.250. The summed E-state index contributed by atoms with van der Waals surface area (Å²) in [5, 5.41) is 19.9. The number of nitrogens with two attached hydrogens (primary N) is 1. The first-order chi connectivity index (χ1) is 10.1. The van der Waals surface area contributed by atoms with Crippen molar-refractivity contribution in [1.82, 2.24) is 0 Å². The van der Waals surface area contributed by atoms with E-state index >= 15 is 0 Å². The Labute approximate surface area is 131 Å². The van der Waals surface area contributed by atoms with Crippen molar-refractivity contribution >= 4 is 15.9 Å². The van der Waals surface area contributed by atoms with Crippen LogP contribution in [0.1, 0.15) is 28.7 Å². The largest absolute Gasteiger partial charge is 0.504 e. The average Bonchev–Trinajstić information content (AvgIpc) is 2.51. The topological polar surface area (TPSA) is 75.7 Å². The molecule has 1 aliphatic heterocycles. The van der Waals surface area contributed by atoms with Crippen molar-refractivity contribution in [3.05, 3.63) is 57.6 Å². The number of phenols is 2. The van der Waals surface area contributed by atoms with Gasteiger partial charge in [0.25, 0.3) is 0 Å². The Morgan fingerprint density at radius 1 is 1.14 bits per heavy atom. The van der Waals surface area contributed by atoms with Crippen molar-refractivity contribution in [3.8, 4) is 11.5 Å². The van der Waals surface area contributed by atoms with Crippen LogP contribution < -0.4 is 5.73 Å². The van der Waals surface area contributed by atoms with Crippen LogP contribution in [0.4, 0.5) is 0 Å². The third kappa shape index (κ3) is 2.52. The number of aromatic hydroxyl groups is 2. The lowest BCUT2D eigenvalue weighted by atomic mass is 9.83. The molecule has 2 unspecified atom stereocenters. The molecule has 0 saturated carbocycles. The van der Waals surface area contributed by atoms with Crippen molar-refractivity contribution in [2.75, 3.05) is 6.54 Å². The molecule has 2 atom stereocenters. The molecule has 2 aromatic rings. The van der Waals surface area contributed by atoms with Gasteiger partial charge in [-0.2, -0.15) is 0 Å². The van der Waals surface area contributed by atoms with E-state index in [9.17, 15) is 10.2 Å². The predicted molar refractivity (Wildman–Crippen MR) is 83.2 cm³/mol. The summed E-state index contributed by atoms with van der Waals surface area (Å²) in [4.78, 5) is 0. The molecule has 0 fully saturated rings. The van der Waals surface area contributed by atoms with Crippen molar-refractivity contribution in [2.45, 2.75) is 18.6 Å². The maximum atomic E-state index is 10.2. The summed E-state index contributed by atoms with van der Waals surface area (Å²) in [6.07, 6.45) is -0.233. The third-order valence-electron chi connectivity index (χ3n) is 3.89. The molecular formula is C16H16BrNO3. The van der Waals surface area contributed by atoms with Crippen LogP contribution in [0, 0.1) is 0 Å². The molecule has 0 amide bonds. The number of rotatable bonds is 2. The number of benzene rings is 2. The highest BCUT2D eigenvalue weighted by Crippen LogP contribution is 2.46. The Balaban J connectivity index is 2.06. The lowest BCUT2D eigenvalue weighted by Crippen LogP contribution is -2.27. The highest BCUT2D eigenvalue weighted by Gasteiger charge is 2.33. The number of hydrogen-bond acceptors (Lipinski definition) is 4. The van der Waals surface area contributed by atoms with Crippen LogP contribution in [0.5, 0.6) is 11.5 Å². The lowest BCUT2D eigenvalue weighted by molar-refractivity contribution is 0.00694. The van der Waals surface area contributed by atoms with Crippen LogP contribution in [-0.2, 0) is 11.3 Å². The van der Waals surface area contributed by atoms with Gasteiger partial charge in [0, 0.05) is 22.5 Å². The zero-order chi connectivity index (χ0) is 15.0. The van der Waals surface area contributed by atoms with E-state index in [4.69, 9.17) is 10.5 Å². The molecule has 3 rings (SSSR count). The third-order valence-corrected chi connectivity index (χ3v) is 4.42. The SMILES string of the molecule is NCC1c2c(ccc(O)c2O)COC1c1ccc(Br)cc1. The van der Waals surface area contributed by atoms with Gasteiger partial charge in [-0.1, -0.05) is 34.1 Å². The van der Waals surface area contributed by atoms with Crippen LogP contribution in [0.25, 0.3) is 0 Å². The monoisotopic (exact) mass is 349 g/mol. The van der Waals surface area contributed by atoms with Crippen molar-refractivity contribution in [3.63, 3.8) is 0 Å². The minimum absolute atomic E-state index is 0.0895. The summed E-state index contributed by atoms with van der Waals surface area (Å²) in [5.41, 5.74) is 8.48. The maximum absolute atomic E-state index is 10.2. The highest BCUT2D eigenvalue weighted by molar-refractivity contribution is 9.10. The molecule has 0 saturated heterocycles. The van der Waals surface area contributed by atoms with E-state index in [2.05, 4.69) is 15.9 Å². The van der Waals surface area contributed by atoms with E-state index in [0.29, 0.717) is 18.7 Å². The van der Waals surface area contributed by atoms with E-state index in [0.717, 1.165) is 15.6 Å². The van der Waals surface area contributed by atoms with Gasteiger partial charge < -0.3 is 20.7 Å². The Bertz CT molecular complexity index is 657. The summed E-state index contributed by atoms with van der Waals surface area (Å²) in [5.74, 6) is -0.404. The van der Waals surface area contributed by atoms with Gasteiger partial charge in [0.1, 0.15) is 0 Å². The Kier molecular flexibility index (Phi) is 3.89. The van der Waals surface area contributed by atoms with E-state index in [1.165, 1.54) is 6.07 Å². The summed E-state index contributed by atoms with van der Waals surface area (Å²) >= 11 is 3.41. The molecule has 4 N–H and O–H groups in total. The molecule has 4 nitrogen and oxygen atoms in total. The van der Waals surface area contributed by atoms with Crippen LogP contribution in [0.2, 0.25) is 0 Å². The minimum atomic E-state index is -0.233. The molecule has 5 heteroatoms. The summed E-state index contributed by atoms with van der Waals surface area (Å²) < 4.78 is 6.93. The zero-order valence-electron chi connectivity index (χ0n) is 11.3. The van der Waals surface area contributed by atoms with E-state index in [-0.39, 0.29) is 23.5 Å². The molecule has 110 valence electrons. The van der Waals surface area contributed by atoms with Gasteiger partial charge in [0.2, 0.25) is 0 Å². The number of halogens is 1. The van der Waals surface area contributed by atoms with Gasteiger partial charge in [-0.25, -0.2) is 0 Å². The number of ether oxygens (including phenoxy) is 1. The summed E-state index contributed by atoms with van der Waals surface area (Å²) in [6.45, 7) is 0.713. The first kappa shape index (κ1) is 14.4. The predicted octanol–water partition coefficient (Wildman–Crippen LogP) is 3.17. The van der Waals surface area contributed by atoms with Crippen LogP contribution in [-0.4, -0.2) is 16.8 Å². The van der Waals surface area contributed by atoms with Gasteiger partial charge in [0.15, 0.2) is 11.5 Å². The Hall–Kier alpha value is -1.56. The molecule has 1 aliphatic rings. The van der Waals surface area contributed by atoms with E-state index in [1.807, 2.05) is 24.3 Å². The average molecular weight is 350 g/mol. The molecule has 21 heavy (non-hydrogen) atoms. The quantitative estimate of drug-likeness (QED) is 0.728. The smallest absolute Gasteiger partial charge is 0.161 e. The normalized spacial score (nSPS) is 21.0. The molecule has 2 aromatic carbocycles. The van der Waals surface area contributed by atoms with Crippen molar-refractivity contribution < 1.29 is 14.9 Å². The fourth-order valence-electron chi connectivity index (χ4n) is 2.85. The van der Waals surface area contributed by atoms with Crippen LogP contribution in [0.3, 0.4) is 0 Å². The molecule has 0 radical (unpaired) electrons. The van der Waals surface area contributed by atoms with E-state index in [1.54, 1.807) is 6.07 Å².